The number of hydrogen-bond acceptors (Lipinski definition) is 4. The fourth-order valence-electron chi connectivity index (χ4n) is 1.75. The van der Waals surface area contributed by atoms with Gasteiger partial charge in [0.25, 0.3) is 0 Å². The quantitative estimate of drug-likeness (QED) is 0.646. The first-order valence-corrected chi connectivity index (χ1v) is 6.92. The standard InChI is InChI=1S/C14H16FN3O2S/c15-12-4-1-11(2-5-12)3-6-13(19)16-14(21)17-18-7-9-20-10-8-18/h1-6H,7-10H2,(H2,16,17,19,21)/b6-3+. The number of nitrogens with zero attached hydrogens (tertiary/aromatic N) is 1. The molecule has 2 N–H and O–H groups in total. The number of thiocarbonyl (C=S) groups is 1. The lowest BCUT2D eigenvalue weighted by Gasteiger charge is -2.27. The van der Waals surface area contributed by atoms with E-state index in [2.05, 4.69) is 10.7 Å². The summed E-state index contributed by atoms with van der Waals surface area (Å²) in [5.41, 5.74) is 3.66. The van der Waals surface area contributed by atoms with Crippen LogP contribution in [0.3, 0.4) is 0 Å². The first-order valence-electron chi connectivity index (χ1n) is 6.51. The molecule has 1 aliphatic heterocycles. The summed E-state index contributed by atoms with van der Waals surface area (Å²) in [4.78, 5) is 11.7. The fraction of sp³-hybridized carbons (Fsp3) is 0.286. The second kappa shape index (κ2) is 7.82. The van der Waals surface area contributed by atoms with E-state index in [4.69, 9.17) is 17.0 Å². The molecule has 0 atom stereocenters. The van der Waals surface area contributed by atoms with Gasteiger partial charge in [-0.05, 0) is 36.0 Å². The van der Waals surface area contributed by atoms with E-state index >= 15 is 0 Å². The third-order valence-corrected chi connectivity index (χ3v) is 3.00. The van der Waals surface area contributed by atoms with Crippen molar-refractivity contribution in [3.05, 3.63) is 41.7 Å². The van der Waals surface area contributed by atoms with E-state index < -0.39 is 0 Å². The fourth-order valence-corrected chi connectivity index (χ4v) is 1.98. The molecule has 1 fully saturated rings. The van der Waals surface area contributed by atoms with Crippen molar-refractivity contribution >= 4 is 29.3 Å². The second-order valence-electron chi connectivity index (χ2n) is 4.41. The average Bonchev–Trinajstić information content (AvgIpc) is 2.47. The van der Waals surface area contributed by atoms with Gasteiger partial charge in [0, 0.05) is 19.2 Å². The van der Waals surface area contributed by atoms with Gasteiger partial charge in [-0.15, -0.1) is 0 Å². The van der Waals surface area contributed by atoms with Crippen LogP contribution in [0.4, 0.5) is 4.39 Å². The van der Waals surface area contributed by atoms with Crippen molar-refractivity contribution in [1.29, 1.82) is 0 Å². The van der Waals surface area contributed by atoms with Crippen LogP contribution in [0.2, 0.25) is 0 Å². The molecule has 1 aromatic rings. The van der Waals surface area contributed by atoms with Crippen LogP contribution < -0.4 is 10.7 Å². The molecule has 0 aromatic heterocycles. The molecule has 0 saturated carbocycles. The van der Waals surface area contributed by atoms with Crippen molar-refractivity contribution in [2.45, 2.75) is 0 Å². The van der Waals surface area contributed by atoms with Crippen molar-refractivity contribution in [3.63, 3.8) is 0 Å². The van der Waals surface area contributed by atoms with Crippen LogP contribution in [-0.2, 0) is 9.53 Å². The van der Waals surface area contributed by atoms with Gasteiger partial charge in [0.2, 0.25) is 5.91 Å². The average molecular weight is 309 g/mol. The van der Waals surface area contributed by atoms with E-state index in [1.165, 1.54) is 18.2 Å². The highest BCUT2D eigenvalue weighted by Crippen LogP contribution is 2.04. The Labute approximate surface area is 127 Å². The number of hydrazine groups is 1. The Morgan fingerprint density at radius 3 is 2.62 bits per heavy atom. The van der Waals surface area contributed by atoms with Crippen molar-refractivity contribution in [1.82, 2.24) is 15.8 Å². The van der Waals surface area contributed by atoms with Gasteiger partial charge in [0.1, 0.15) is 5.82 Å². The zero-order valence-electron chi connectivity index (χ0n) is 11.3. The molecule has 21 heavy (non-hydrogen) atoms. The van der Waals surface area contributed by atoms with Crippen LogP contribution in [0.5, 0.6) is 0 Å². The van der Waals surface area contributed by atoms with Gasteiger partial charge >= 0.3 is 0 Å². The van der Waals surface area contributed by atoms with Crippen molar-refractivity contribution in [3.8, 4) is 0 Å². The molecule has 7 heteroatoms. The molecule has 1 aromatic carbocycles. The van der Waals surface area contributed by atoms with Crippen molar-refractivity contribution in [2.75, 3.05) is 26.3 Å². The topological polar surface area (TPSA) is 53.6 Å². The van der Waals surface area contributed by atoms with Crippen LogP contribution in [0.15, 0.2) is 30.3 Å². The Morgan fingerprint density at radius 2 is 1.95 bits per heavy atom. The van der Waals surface area contributed by atoms with E-state index in [0.717, 1.165) is 5.56 Å². The van der Waals surface area contributed by atoms with E-state index in [-0.39, 0.29) is 16.8 Å². The zero-order valence-corrected chi connectivity index (χ0v) is 12.2. The van der Waals surface area contributed by atoms with E-state index in [0.29, 0.717) is 26.3 Å². The minimum atomic E-state index is -0.343. The first kappa shape index (κ1) is 15.6. The van der Waals surface area contributed by atoms with Crippen LogP contribution in [0.25, 0.3) is 6.08 Å². The number of rotatable bonds is 3. The largest absolute Gasteiger partial charge is 0.379 e. The Hall–Kier alpha value is -1.83. The van der Waals surface area contributed by atoms with Gasteiger partial charge in [0.05, 0.1) is 13.2 Å². The maximum absolute atomic E-state index is 12.7. The highest BCUT2D eigenvalue weighted by Gasteiger charge is 2.11. The number of nitrogens with one attached hydrogen (secondary N) is 2. The van der Waals surface area contributed by atoms with Crippen LogP contribution >= 0.6 is 12.2 Å². The number of ether oxygens (including phenoxy) is 1. The maximum atomic E-state index is 12.7. The molecule has 0 aliphatic carbocycles. The molecule has 2 rings (SSSR count). The lowest BCUT2D eigenvalue weighted by molar-refractivity contribution is -0.115. The number of benzene rings is 1. The summed E-state index contributed by atoms with van der Waals surface area (Å²) in [6.45, 7) is 2.69. The van der Waals surface area contributed by atoms with Crippen molar-refractivity contribution in [2.24, 2.45) is 0 Å². The van der Waals surface area contributed by atoms with Gasteiger partial charge < -0.3 is 4.74 Å². The molecule has 5 nitrogen and oxygen atoms in total. The van der Waals surface area contributed by atoms with Gasteiger partial charge in [-0.25, -0.2) is 9.40 Å². The molecular weight excluding hydrogens is 293 g/mol. The van der Waals surface area contributed by atoms with E-state index in [1.807, 2.05) is 5.01 Å². The molecule has 0 radical (unpaired) electrons. The lowest BCUT2D eigenvalue weighted by atomic mass is 10.2. The van der Waals surface area contributed by atoms with Gasteiger partial charge in [0.15, 0.2) is 5.11 Å². The molecule has 0 bridgehead atoms. The Morgan fingerprint density at radius 1 is 1.29 bits per heavy atom. The smallest absolute Gasteiger partial charge is 0.250 e. The third-order valence-electron chi connectivity index (χ3n) is 2.80. The molecule has 0 spiro atoms. The van der Waals surface area contributed by atoms with Gasteiger partial charge in [-0.1, -0.05) is 12.1 Å². The summed E-state index contributed by atoms with van der Waals surface area (Å²) >= 11 is 5.05. The Balaban J connectivity index is 1.77. The Bertz CT molecular complexity index is 528. The minimum absolute atomic E-state index is 0.241. The number of halogens is 1. The molecule has 1 aliphatic rings. The predicted molar refractivity (Wildman–Crippen MR) is 81.7 cm³/mol. The van der Waals surface area contributed by atoms with E-state index in [9.17, 15) is 9.18 Å². The summed E-state index contributed by atoms with van der Waals surface area (Å²) in [5.74, 6) is -0.655. The number of morpholine rings is 1. The molecule has 1 heterocycles. The number of hydrogen-bond donors (Lipinski definition) is 2. The van der Waals surface area contributed by atoms with Crippen LogP contribution in [-0.4, -0.2) is 42.3 Å². The zero-order chi connectivity index (χ0) is 15.1. The monoisotopic (exact) mass is 309 g/mol. The molecular formula is C14H16FN3O2S. The molecule has 0 unspecified atom stereocenters. The van der Waals surface area contributed by atoms with Gasteiger partial charge in [-0.3, -0.25) is 15.5 Å². The normalized spacial score (nSPS) is 15.9. The summed E-state index contributed by atoms with van der Waals surface area (Å²) in [7, 11) is 0. The molecule has 1 amide bonds. The number of carbonyl (C=O) groups excluding carboxylic acids is 1. The third kappa shape index (κ3) is 5.58. The van der Waals surface area contributed by atoms with E-state index in [1.54, 1.807) is 18.2 Å². The van der Waals surface area contributed by atoms with Gasteiger partial charge in [-0.2, -0.15) is 0 Å². The SMILES string of the molecule is O=C(/C=C/c1ccc(F)cc1)NC(=S)NN1CCOCC1. The lowest BCUT2D eigenvalue weighted by Crippen LogP contribution is -2.52. The maximum Gasteiger partial charge on any atom is 0.250 e. The summed E-state index contributed by atoms with van der Waals surface area (Å²) in [5, 5.41) is 4.67. The summed E-state index contributed by atoms with van der Waals surface area (Å²) < 4.78 is 17.9. The number of carbonyl (C=O) groups is 1. The van der Waals surface area contributed by atoms with Crippen molar-refractivity contribution < 1.29 is 13.9 Å². The summed E-state index contributed by atoms with van der Waals surface area (Å²) in [6.07, 6.45) is 2.94. The first-order chi connectivity index (χ1) is 10.1. The van der Waals surface area contributed by atoms with Crippen LogP contribution in [0, 0.1) is 5.82 Å². The second-order valence-corrected chi connectivity index (χ2v) is 4.82. The number of amides is 1. The highest BCUT2D eigenvalue weighted by molar-refractivity contribution is 7.80. The minimum Gasteiger partial charge on any atom is -0.379 e. The molecule has 112 valence electrons. The highest BCUT2D eigenvalue weighted by atomic mass is 32.1. The molecule has 1 saturated heterocycles. The predicted octanol–water partition coefficient (Wildman–Crippen LogP) is 1.08. The Kier molecular flexibility index (Phi) is 5.79. The van der Waals surface area contributed by atoms with Crippen LogP contribution in [0.1, 0.15) is 5.56 Å². The summed E-state index contributed by atoms with van der Waals surface area (Å²) in [6, 6.07) is 5.84.